The summed E-state index contributed by atoms with van der Waals surface area (Å²) in [5.41, 5.74) is 0.871. The van der Waals surface area contributed by atoms with Gasteiger partial charge in [-0.3, -0.25) is 4.79 Å². The smallest absolute Gasteiger partial charge is 0.253 e. The van der Waals surface area contributed by atoms with E-state index in [1.807, 2.05) is 13.0 Å². The number of nitrogens with one attached hydrogen (secondary N) is 1. The fraction of sp³-hybridized carbons (Fsp3) is 0.500. The minimum absolute atomic E-state index is 0.0456. The molecule has 20 heavy (non-hydrogen) atoms. The first-order chi connectivity index (χ1) is 9.50. The second kappa shape index (κ2) is 6.76. The van der Waals surface area contributed by atoms with E-state index in [2.05, 4.69) is 5.32 Å². The highest BCUT2D eigenvalue weighted by Gasteiger charge is 2.28. The van der Waals surface area contributed by atoms with E-state index < -0.39 is 6.10 Å². The molecule has 1 aliphatic heterocycles. The molecule has 0 aromatic heterocycles. The Balaban J connectivity index is 2.10. The first kappa shape index (κ1) is 15.6. The van der Waals surface area contributed by atoms with Crippen LogP contribution in [0.1, 0.15) is 18.5 Å². The maximum atomic E-state index is 12.4. The molecule has 4 nitrogen and oxygen atoms in total. The third kappa shape index (κ3) is 3.44. The zero-order valence-corrected chi connectivity index (χ0v) is 13.0. The quantitative estimate of drug-likeness (QED) is 0.931. The second-order valence-corrected chi connectivity index (χ2v) is 5.70. The highest BCUT2D eigenvalue weighted by Crippen LogP contribution is 2.29. The summed E-state index contributed by atoms with van der Waals surface area (Å²) in [7, 11) is 1.76. The minimum atomic E-state index is -0.428. The number of halogens is 2. The van der Waals surface area contributed by atoms with Crippen molar-refractivity contribution < 1.29 is 9.53 Å². The normalized spacial score (nSPS) is 20.5. The van der Waals surface area contributed by atoms with Gasteiger partial charge in [-0.1, -0.05) is 29.3 Å². The van der Waals surface area contributed by atoms with Gasteiger partial charge in [-0.2, -0.15) is 0 Å². The number of morpholine rings is 1. The van der Waals surface area contributed by atoms with Gasteiger partial charge in [-0.25, -0.2) is 0 Å². The zero-order chi connectivity index (χ0) is 14.7. The average Bonchev–Trinajstić information content (AvgIpc) is 2.46. The lowest BCUT2D eigenvalue weighted by molar-refractivity contribution is -0.145. The van der Waals surface area contributed by atoms with Gasteiger partial charge in [0, 0.05) is 30.2 Å². The van der Waals surface area contributed by atoms with Crippen molar-refractivity contribution in [2.24, 2.45) is 0 Å². The van der Waals surface area contributed by atoms with E-state index in [1.165, 1.54) is 0 Å². The largest absolute Gasteiger partial charge is 0.366 e. The molecule has 1 amide bonds. The highest BCUT2D eigenvalue weighted by molar-refractivity contribution is 6.35. The Morgan fingerprint density at radius 3 is 2.85 bits per heavy atom. The topological polar surface area (TPSA) is 41.6 Å². The third-order valence-corrected chi connectivity index (χ3v) is 4.11. The van der Waals surface area contributed by atoms with Crippen LogP contribution >= 0.6 is 23.2 Å². The summed E-state index contributed by atoms with van der Waals surface area (Å²) < 4.78 is 5.49. The van der Waals surface area contributed by atoms with Gasteiger partial charge in [0.1, 0.15) is 6.10 Å². The van der Waals surface area contributed by atoms with Gasteiger partial charge in [-0.15, -0.1) is 0 Å². The third-order valence-electron chi connectivity index (χ3n) is 3.54. The van der Waals surface area contributed by atoms with E-state index in [-0.39, 0.29) is 11.9 Å². The predicted molar refractivity (Wildman–Crippen MR) is 80.3 cm³/mol. The van der Waals surface area contributed by atoms with E-state index >= 15 is 0 Å². The Kier molecular flexibility index (Phi) is 5.27. The Bertz CT molecular complexity index is 490. The number of benzene rings is 1. The summed E-state index contributed by atoms with van der Waals surface area (Å²) in [6.45, 7) is 3.82. The summed E-state index contributed by atoms with van der Waals surface area (Å²) in [6.07, 6.45) is -0.428. The van der Waals surface area contributed by atoms with Gasteiger partial charge >= 0.3 is 0 Å². The van der Waals surface area contributed by atoms with Crippen LogP contribution in [0.2, 0.25) is 10.0 Å². The number of rotatable bonds is 3. The van der Waals surface area contributed by atoms with Crippen LogP contribution in [-0.4, -0.2) is 43.7 Å². The molecule has 0 bridgehead atoms. The first-order valence-electron chi connectivity index (χ1n) is 6.54. The van der Waals surface area contributed by atoms with Gasteiger partial charge in [0.25, 0.3) is 5.91 Å². The molecule has 0 saturated carbocycles. The molecule has 1 N–H and O–H groups in total. The molecule has 1 aromatic rings. The van der Waals surface area contributed by atoms with E-state index in [4.69, 9.17) is 27.9 Å². The van der Waals surface area contributed by atoms with Gasteiger partial charge in [0.05, 0.1) is 12.6 Å². The van der Waals surface area contributed by atoms with Crippen LogP contribution in [0.25, 0.3) is 0 Å². The summed E-state index contributed by atoms with van der Waals surface area (Å²) in [4.78, 5) is 14.0. The summed E-state index contributed by atoms with van der Waals surface area (Å²) in [5.74, 6) is -0.0456. The lowest BCUT2D eigenvalue weighted by Crippen LogP contribution is -2.48. The van der Waals surface area contributed by atoms with Crippen LogP contribution in [0.4, 0.5) is 0 Å². The number of carbonyl (C=O) groups excluding carboxylic acids is 1. The number of ether oxygens (including phenoxy) is 1. The van der Waals surface area contributed by atoms with Crippen LogP contribution in [-0.2, 0) is 9.53 Å². The maximum Gasteiger partial charge on any atom is 0.253 e. The summed E-state index contributed by atoms with van der Waals surface area (Å²) >= 11 is 12.1. The molecule has 1 aromatic carbocycles. The second-order valence-electron chi connectivity index (χ2n) is 4.85. The average molecular weight is 317 g/mol. The van der Waals surface area contributed by atoms with Crippen molar-refractivity contribution in [3.63, 3.8) is 0 Å². The molecule has 110 valence electrons. The lowest BCUT2D eigenvalue weighted by Gasteiger charge is -2.31. The summed E-state index contributed by atoms with van der Waals surface area (Å²) in [5, 5.41) is 4.30. The van der Waals surface area contributed by atoms with Gasteiger partial charge < -0.3 is 15.0 Å². The van der Waals surface area contributed by atoms with E-state index in [1.54, 1.807) is 24.1 Å². The van der Waals surface area contributed by atoms with Gasteiger partial charge in [0.15, 0.2) is 0 Å². The van der Waals surface area contributed by atoms with Crippen molar-refractivity contribution in [1.29, 1.82) is 0 Å². The van der Waals surface area contributed by atoms with Crippen LogP contribution in [0.3, 0.4) is 0 Å². The fourth-order valence-electron chi connectivity index (χ4n) is 2.19. The Morgan fingerprint density at radius 1 is 1.50 bits per heavy atom. The molecule has 6 heteroatoms. The molecule has 1 aliphatic rings. The standard InChI is InChI=1S/C14H18Cl2N2O2/c1-9(11-4-3-10(15)7-12(11)16)18(2)14(19)13-8-17-5-6-20-13/h3-4,7,9,13,17H,5-6,8H2,1-2H3/t9-,13-/m0/s1. The summed E-state index contributed by atoms with van der Waals surface area (Å²) in [6, 6.07) is 5.17. The number of likely N-dealkylation sites (N-methyl/N-ethyl adjacent to an activating group) is 1. The molecule has 1 saturated heterocycles. The van der Waals surface area contributed by atoms with E-state index in [9.17, 15) is 4.79 Å². The monoisotopic (exact) mass is 316 g/mol. The van der Waals surface area contributed by atoms with Gasteiger partial charge in [-0.05, 0) is 24.6 Å². The van der Waals surface area contributed by atoms with Crippen LogP contribution in [0.5, 0.6) is 0 Å². The Morgan fingerprint density at radius 2 is 2.25 bits per heavy atom. The highest BCUT2D eigenvalue weighted by atomic mass is 35.5. The molecule has 2 rings (SSSR count). The zero-order valence-electron chi connectivity index (χ0n) is 11.5. The van der Waals surface area contributed by atoms with Crippen LogP contribution in [0.15, 0.2) is 18.2 Å². The number of carbonyl (C=O) groups is 1. The molecule has 2 atom stereocenters. The van der Waals surface area contributed by atoms with E-state index in [0.29, 0.717) is 23.2 Å². The van der Waals surface area contributed by atoms with Crippen molar-refractivity contribution in [2.45, 2.75) is 19.1 Å². The minimum Gasteiger partial charge on any atom is -0.366 e. The Labute approximate surface area is 129 Å². The maximum absolute atomic E-state index is 12.4. The number of hydrogen-bond donors (Lipinski definition) is 1. The first-order valence-corrected chi connectivity index (χ1v) is 7.30. The van der Waals surface area contributed by atoms with E-state index in [0.717, 1.165) is 12.1 Å². The molecule has 0 spiro atoms. The van der Waals surface area contributed by atoms with Crippen molar-refractivity contribution in [3.8, 4) is 0 Å². The molecular weight excluding hydrogens is 299 g/mol. The number of nitrogens with zero attached hydrogens (tertiary/aromatic N) is 1. The Hall–Kier alpha value is -0.810. The fourth-order valence-corrected chi connectivity index (χ4v) is 2.76. The van der Waals surface area contributed by atoms with Crippen molar-refractivity contribution in [1.82, 2.24) is 10.2 Å². The van der Waals surface area contributed by atoms with Crippen molar-refractivity contribution >= 4 is 29.1 Å². The molecule has 1 fully saturated rings. The molecule has 0 unspecified atom stereocenters. The van der Waals surface area contributed by atoms with Gasteiger partial charge in [0.2, 0.25) is 0 Å². The number of amides is 1. The van der Waals surface area contributed by atoms with Crippen molar-refractivity contribution in [3.05, 3.63) is 33.8 Å². The molecular formula is C14H18Cl2N2O2. The molecule has 0 aliphatic carbocycles. The lowest BCUT2D eigenvalue weighted by atomic mass is 10.1. The van der Waals surface area contributed by atoms with Crippen LogP contribution < -0.4 is 5.32 Å². The predicted octanol–water partition coefficient (Wildman–Crippen LogP) is 2.50. The van der Waals surface area contributed by atoms with Crippen LogP contribution in [0, 0.1) is 0 Å². The SMILES string of the molecule is C[C@@H](c1ccc(Cl)cc1Cl)N(C)C(=O)[C@@H]1CNCCO1. The number of hydrogen-bond acceptors (Lipinski definition) is 3. The van der Waals surface area contributed by atoms with Crippen molar-refractivity contribution in [2.75, 3.05) is 26.7 Å². The molecule has 0 radical (unpaired) electrons. The molecule has 1 heterocycles.